The summed E-state index contributed by atoms with van der Waals surface area (Å²) in [6, 6.07) is 13.4. The lowest BCUT2D eigenvalue weighted by Gasteiger charge is -2.07. The third-order valence-corrected chi connectivity index (χ3v) is 3.58. The Morgan fingerprint density at radius 1 is 1.14 bits per heavy atom. The van der Waals surface area contributed by atoms with Crippen LogP contribution in [0.4, 0.5) is 5.69 Å². The maximum atomic E-state index is 12.1. The molecule has 1 aliphatic rings. The Kier molecular flexibility index (Phi) is 3.65. The summed E-state index contributed by atoms with van der Waals surface area (Å²) in [5, 5.41) is 4.26. The molecule has 0 aliphatic carbocycles. The summed E-state index contributed by atoms with van der Waals surface area (Å²) < 4.78 is 0. The van der Waals surface area contributed by atoms with Crippen LogP contribution in [0.5, 0.6) is 0 Å². The molecule has 110 valence electrons. The van der Waals surface area contributed by atoms with Crippen LogP contribution >= 0.6 is 11.6 Å². The molecule has 22 heavy (non-hydrogen) atoms. The number of oxime groups is 1. The summed E-state index contributed by atoms with van der Waals surface area (Å²) in [6.07, 6.45) is 0. The van der Waals surface area contributed by atoms with E-state index < -0.39 is 5.97 Å². The van der Waals surface area contributed by atoms with Crippen LogP contribution in [-0.2, 0) is 9.63 Å². The average molecular weight is 315 g/mol. The van der Waals surface area contributed by atoms with Gasteiger partial charge in [-0.1, -0.05) is 35.0 Å². The van der Waals surface area contributed by atoms with E-state index in [1.807, 2.05) is 6.07 Å². The Labute approximate surface area is 131 Å². The summed E-state index contributed by atoms with van der Waals surface area (Å²) in [5.41, 5.74) is 1.79. The first-order chi connectivity index (χ1) is 10.6. The second kappa shape index (κ2) is 5.61. The summed E-state index contributed by atoms with van der Waals surface area (Å²) >= 11 is 5.76. The number of carbonyl (C=O) groups excluding carboxylic acids is 2. The van der Waals surface area contributed by atoms with E-state index in [0.717, 1.165) is 5.69 Å². The highest BCUT2D eigenvalue weighted by molar-refractivity contribution is 6.54. The molecule has 3 rings (SSSR count). The third kappa shape index (κ3) is 2.46. The predicted molar refractivity (Wildman–Crippen MR) is 83.3 cm³/mol. The fourth-order valence-corrected chi connectivity index (χ4v) is 2.29. The Bertz CT molecular complexity index is 784. The summed E-state index contributed by atoms with van der Waals surface area (Å²) in [6.45, 7) is 0. The van der Waals surface area contributed by atoms with E-state index in [0.29, 0.717) is 16.1 Å². The van der Waals surface area contributed by atoms with Gasteiger partial charge in [0.25, 0.3) is 5.91 Å². The number of hydrogen-bond donors (Lipinski definition) is 0. The van der Waals surface area contributed by atoms with E-state index in [1.54, 1.807) is 37.4 Å². The zero-order valence-corrected chi connectivity index (χ0v) is 12.4. The molecular formula is C16H11ClN2O3. The molecule has 0 unspecified atom stereocenters. The SMILES string of the molecule is CN1C(=O)/C(=N\OC(=O)c2ccc(Cl)cc2)c2ccccc21. The molecule has 5 nitrogen and oxygen atoms in total. The van der Waals surface area contributed by atoms with Gasteiger partial charge in [-0.2, -0.15) is 0 Å². The minimum atomic E-state index is -0.649. The van der Waals surface area contributed by atoms with Crippen molar-refractivity contribution < 1.29 is 14.4 Å². The van der Waals surface area contributed by atoms with Crippen LogP contribution in [0.15, 0.2) is 53.7 Å². The molecule has 1 heterocycles. The van der Waals surface area contributed by atoms with Gasteiger partial charge in [0.1, 0.15) is 0 Å². The van der Waals surface area contributed by atoms with Gasteiger partial charge in [0.2, 0.25) is 0 Å². The van der Waals surface area contributed by atoms with Crippen molar-refractivity contribution in [3.8, 4) is 0 Å². The molecule has 0 bridgehead atoms. The van der Waals surface area contributed by atoms with Gasteiger partial charge < -0.3 is 9.74 Å². The highest BCUT2D eigenvalue weighted by Gasteiger charge is 2.32. The van der Waals surface area contributed by atoms with Crippen molar-refractivity contribution in [3.63, 3.8) is 0 Å². The quantitative estimate of drug-likeness (QED) is 0.632. The van der Waals surface area contributed by atoms with E-state index in [4.69, 9.17) is 16.4 Å². The number of carbonyl (C=O) groups is 2. The highest BCUT2D eigenvalue weighted by Crippen LogP contribution is 2.27. The van der Waals surface area contributed by atoms with E-state index in [2.05, 4.69) is 5.16 Å². The van der Waals surface area contributed by atoms with Crippen LogP contribution in [0.1, 0.15) is 15.9 Å². The Morgan fingerprint density at radius 2 is 1.82 bits per heavy atom. The first-order valence-electron chi connectivity index (χ1n) is 6.50. The molecular weight excluding hydrogens is 304 g/mol. The number of likely N-dealkylation sites (N-methyl/N-ethyl adjacent to an activating group) is 1. The minimum absolute atomic E-state index is 0.111. The molecule has 1 aliphatic heterocycles. The number of fused-ring (bicyclic) bond motifs is 1. The Hall–Kier alpha value is -2.66. The van der Waals surface area contributed by atoms with Gasteiger partial charge in [0.15, 0.2) is 5.71 Å². The first kappa shape index (κ1) is 14.3. The summed E-state index contributed by atoms with van der Waals surface area (Å²) in [4.78, 5) is 30.4. The van der Waals surface area contributed by atoms with Gasteiger partial charge in [0.05, 0.1) is 11.3 Å². The molecule has 0 radical (unpaired) electrons. The molecule has 2 aromatic carbocycles. The summed E-state index contributed by atoms with van der Waals surface area (Å²) in [5.74, 6) is -0.964. The van der Waals surface area contributed by atoms with Crippen molar-refractivity contribution in [2.24, 2.45) is 5.16 Å². The van der Waals surface area contributed by atoms with Crippen molar-refractivity contribution in [1.82, 2.24) is 0 Å². The largest absolute Gasteiger partial charge is 0.365 e. The number of rotatable bonds is 2. The molecule has 2 aromatic rings. The van der Waals surface area contributed by atoms with E-state index >= 15 is 0 Å². The highest BCUT2D eigenvalue weighted by atomic mass is 35.5. The van der Waals surface area contributed by atoms with Crippen LogP contribution in [0.2, 0.25) is 5.02 Å². The number of amides is 1. The number of anilines is 1. The van der Waals surface area contributed by atoms with Crippen LogP contribution in [-0.4, -0.2) is 24.6 Å². The predicted octanol–water partition coefficient (Wildman–Crippen LogP) is 2.88. The molecule has 0 saturated heterocycles. The van der Waals surface area contributed by atoms with E-state index in [9.17, 15) is 9.59 Å². The van der Waals surface area contributed by atoms with Crippen LogP contribution in [0, 0.1) is 0 Å². The monoisotopic (exact) mass is 314 g/mol. The topological polar surface area (TPSA) is 59.0 Å². The zero-order chi connectivity index (χ0) is 15.7. The fraction of sp³-hybridized carbons (Fsp3) is 0.0625. The second-order valence-electron chi connectivity index (χ2n) is 4.71. The molecule has 0 aromatic heterocycles. The molecule has 6 heteroatoms. The standard InChI is InChI=1S/C16H11ClN2O3/c1-19-13-5-3-2-4-12(13)14(15(19)20)18-22-16(21)10-6-8-11(17)9-7-10/h2-9H,1H3/b18-14-. The lowest BCUT2D eigenvalue weighted by atomic mass is 10.1. The lowest BCUT2D eigenvalue weighted by molar-refractivity contribution is -0.112. The van der Waals surface area contributed by atoms with Gasteiger partial charge in [-0.3, -0.25) is 4.79 Å². The van der Waals surface area contributed by atoms with E-state index in [1.165, 1.54) is 17.0 Å². The van der Waals surface area contributed by atoms with Gasteiger partial charge in [-0.25, -0.2) is 4.79 Å². The Morgan fingerprint density at radius 3 is 2.55 bits per heavy atom. The van der Waals surface area contributed by atoms with Crippen LogP contribution in [0.25, 0.3) is 0 Å². The fourth-order valence-electron chi connectivity index (χ4n) is 2.16. The second-order valence-corrected chi connectivity index (χ2v) is 5.14. The molecule has 0 saturated carbocycles. The maximum Gasteiger partial charge on any atom is 0.365 e. The molecule has 0 N–H and O–H groups in total. The number of nitrogens with zero attached hydrogens (tertiary/aromatic N) is 2. The van der Waals surface area contributed by atoms with Crippen LogP contribution < -0.4 is 4.90 Å². The number of para-hydroxylation sites is 1. The van der Waals surface area contributed by atoms with Crippen molar-refractivity contribution in [1.29, 1.82) is 0 Å². The van der Waals surface area contributed by atoms with Crippen molar-refractivity contribution in [2.75, 3.05) is 11.9 Å². The third-order valence-electron chi connectivity index (χ3n) is 3.33. The average Bonchev–Trinajstić information content (AvgIpc) is 2.78. The Balaban J connectivity index is 1.85. The van der Waals surface area contributed by atoms with Gasteiger partial charge in [0, 0.05) is 17.6 Å². The molecule has 0 spiro atoms. The first-order valence-corrected chi connectivity index (χ1v) is 6.88. The smallest absolute Gasteiger partial charge is 0.312 e. The zero-order valence-electron chi connectivity index (χ0n) is 11.6. The van der Waals surface area contributed by atoms with Crippen molar-refractivity contribution >= 4 is 34.9 Å². The summed E-state index contributed by atoms with van der Waals surface area (Å²) in [7, 11) is 1.64. The number of hydrogen-bond acceptors (Lipinski definition) is 4. The molecule has 0 atom stereocenters. The number of halogens is 1. The van der Waals surface area contributed by atoms with Crippen LogP contribution in [0.3, 0.4) is 0 Å². The van der Waals surface area contributed by atoms with Gasteiger partial charge in [-0.05, 0) is 30.3 Å². The molecule has 1 amide bonds. The lowest BCUT2D eigenvalue weighted by Crippen LogP contribution is -2.25. The molecule has 0 fully saturated rings. The van der Waals surface area contributed by atoms with E-state index in [-0.39, 0.29) is 11.6 Å². The minimum Gasteiger partial charge on any atom is -0.312 e. The van der Waals surface area contributed by atoms with Gasteiger partial charge in [-0.15, -0.1) is 0 Å². The maximum absolute atomic E-state index is 12.1. The van der Waals surface area contributed by atoms with Gasteiger partial charge >= 0.3 is 5.97 Å². The number of benzene rings is 2. The van der Waals surface area contributed by atoms with Crippen molar-refractivity contribution in [2.45, 2.75) is 0 Å². The van der Waals surface area contributed by atoms with Crippen molar-refractivity contribution in [3.05, 3.63) is 64.7 Å². The normalized spacial score (nSPS) is 15.1.